The molecule has 88 valence electrons. The van der Waals surface area contributed by atoms with Gasteiger partial charge in [-0.3, -0.25) is 4.98 Å². The molecule has 2 aromatic rings. The molecule has 3 N–H and O–H groups in total. The fraction of sp³-hybridized carbons (Fsp3) is 0.167. The van der Waals surface area contributed by atoms with E-state index < -0.39 is 0 Å². The molecule has 17 heavy (non-hydrogen) atoms. The first-order chi connectivity index (χ1) is 8.29. The largest absolute Gasteiger partial charge is 0.365 e. The Hall–Kier alpha value is -1.65. The summed E-state index contributed by atoms with van der Waals surface area (Å²) >= 11 is 5.75. The monoisotopic (exact) mass is 248 g/mol. The van der Waals surface area contributed by atoms with Gasteiger partial charge in [-0.2, -0.15) is 0 Å². The van der Waals surface area contributed by atoms with E-state index in [0.717, 1.165) is 11.1 Å². The van der Waals surface area contributed by atoms with Crippen molar-refractivity contribution in [3.05, 3.63) is 52.9 Å². The number of anilines is 1. The Morgan fingerprint density at radius 2 is 1.94 bits per heavy atom. The molecule has 0 spiro atoms. The first kappa shape index (κ1) is 11.8. The van der Waals surface area contributed by atoms with Gasteiger partial charge < -0.3 is 11.1 Å². The molecule has 0 fully saturated rings. The SMILES string of the molecule is NCc1ccccc1CNc1cncc(Cl)n1. The van der Waals surface area contributed by atoms with Crippen LogP contribution < -0.4 is 11.1 Å². The fourth-order valence-corrected chi connectivity index (χ4v) is 1.69. The molecule has 0 radical (unpaired) electrons. The molecule has 1 aromatic heterocycles. The molecule has 4 nitrogen and oxygen atoms in total. The lowest BCUT2D eigenvalue weighted by Gasteiger charge is -2.09. The molecule has 0 saturated carbocycles. The maximum absolute atomic E-state index is 5.75. The Labute approximate surface area is 105 Å². The van der Waals surface area contributed by atoms with Gasteiger partial charge >= 0.3 is 0 Å². The van der Waals surface area contributed by atoms with Gasteiger partial charge in [0.1, 0.15) is 11.0 Å². The topological polar surface area (TPSA) is 63.8 Å². The first-order valence-electron chi connectivity index (χ1n) is 5.28. The second-order valence-corrected chi connectivity index (χ2v) is 3.94. The van der Waals surface area contributed by atoms with Gasteiger partial charge in [-0.1, -0.05) is 35.9 Å². The third-order valence-corrected chi connectivity index (χ3v) is 2.59. The number of nitrogens with one attached hydrogen (secondary N) is 1. The predicted molar refractivity (Wildman–Crippen MR) is 68.7 cm³/mol. The van der Waals surface area contributed by atoms with E-state index in [2.05, 4.69) is 15.3 Å². The van der Waals surface area contributed by atoms with Gasteiger partial charge in [-0.05, 0) is 11.1 Å². The van der Waals surface area contributed by atoms with Crippen LogP contribution in [0, 0.1) is 0 Å². The Morgan fingerprint density at radius 1 is 1.18 bits per heavy atom. The summed E-state index contributed by atoms with van der Waals surface area (Å²) in [6.45, 7) is 1.18. The summed E-state index contributed by atoms with van der Waals surface area (Å²) in [5.41, 5.74) is 7.94. The third-order valence-electron chi connectivity index (χ3n) is 2.40. The molecule has 1 heterocycles. The van der Waals surface area contributed by atoms with Crippen molar-refractivity contribution in [2.24, 2.45) is 5.73 Å². The number of nitrogens with zero attached hydrogens (tertiary/aromatic N) is 2. The van der Waals surface area contributed by atoms with Gasteiger partial charge in [0.2, 0.25) is 0 Å². The van der Waals surface area contributed by atoms with E-state index in [1.54, 1.807) is 6.20 Å². The number of rotatable bonds is 4. The van der Waals surface area contributed by atoms with Crippen molar-refractivity contribution in [1.29, 1.82) is 0 Å². The molecule has 0 bridgehead atoms. The molecular formula is C12H13ClN4. The van der Waals surface area contributed by atoms with Crippen molar-refractivity contribution in [1.82, 2.24) is 9.97 Å². The Balaban J connectivity index is 2.07. The first-order valence-corrected chi connectivity index (χ1v) is 5.65. The summed E-state index contributed by atoms with van der Waals surface area (Å²) in [6, 6.07) is 8.01. The number of aromatic nitrogens is 2. The molecule has 0 unspecified atom stereocenters. The Kier molecular flexibility index (Phi) is 3.90. The van der Waals surface area contributed by atoms with Crippen LogP contribution in [0.4, 0.5) is 5.82 Å². The summed E-state index contributed by atoms with van der Waals surface area (Å²) in [6.07, 6.45) is 3.14. The average Bonchev–Trinajstić information content (AvgIpc) is 2.37. The minimum absolute atomic E-state index is 0.377. The maximum atomic E-state index is 5.75. The highest BCUT2D eigenvalue weighted by Crippen LogP contribution is 2.11. The number of halogens is 1. The molecule has 5 heteroatoms. The summed E-state index contributed by atoms with van der Waals surface area (Å²) in [5, 5.41) is 3.54. The van der Waals surface area contributed by atoms with Gasteiger partial charge in [0.05, 0.1) is 12.4 Å². The zero-order chi connectivity index (χ0) is 12.1. The minimum atomic E-state index is 0.377. The van der Waals surface area contributed by atoms with E-state index in [0.29, 0.717) is 24.1 Å². The van der Waals surface area contributed by atoms with Gasteiger partial charge in [0.15, 0.2) is 0 Å². The highest BCUT2D eigenvalue weighted by molar-refractivity contribution is 6.29. The highest BCUT2D eigenvalue weighted by atomic mass is 35.5. The normalized spacial score (nSPS) is 10.2. The fourth-order valence-electron chi connectivity index (χ4n) is 1.54. The van der Waals surface area contributed by atoms with Crippen LogP contribution in [0.5, 0.6) is 0 Å². The van der Waals surface area contributed by atoms with Crippen molar-refractivity contribution in [3.8, 4) is 0 Å². The lowest BCUT2D eigenvalue weighted by molar-refractivity contribution is 0.998. The number of nitrogens with two attached hydrogens (primary N) is 1. The summed E-state index contributed by atoms with van der Waals surface area (Å²) < 4.78 is 0. The second-order valence-electron chi connectivity index (χ2n) is 3.55. The Morgan fingerprint density at radius 3 is 2.65 bits per heavy atom. The van der Waals surface area contributed by atoms with E-state index in [4.69, 9.17) is 17.3 Å². The van der Waals surface area contributed by atoms with E-state index in [1.165, 1.54) is 6.20 Å². The van der Waals surface area contributed by atoms with Crippen molar-refractivity contribution in [2.75, 3.05) is 5.32 Å². The van der Waals surface area contributed by atoms with Crippen LogP contribution in [-0.2, 0) is 13.1 Å². The summed E-state index contributed by atoms with van der Waals surface area (Å²) in [4.78, 5) is 8.06. The van der Waals surface area contributed by atoms with E-state index in [1.807, 2.05) is 24.3 Å². The van der Waals surface area contributed by atoms with Gasteiger partial charge in [0.25, 0.3) is 0 Å². The van der Waals surface area contributed by atoms with E-state index >= 15 is 0 Å². The molecule has 2 rings (SSSR count). The van der Waals surface area contributed by atoms with Crippen LogP contribution in [0.3, 0.4) is 0 Å². The molecule has 0 atom stereocenters. The second kappa shape index (κ2) is 5.61. The lowest BCUT2D eigenvalue weighted by Crippen LogP contribution is -2.07. The minimum Gasteiger partial charge on any atom is -0.365 e. The van der Waals surface area contributed by atoms with Crippen LogP contribution >= 0.6 is 11.6 Å². The zero-order valence-corrected chi connectivity index (χ0v) is 9.98. The van der Waals surface area contributed by atoms with Crippen molar-refractivity contribution in [3.63, 3.8) is 0 Å². The van der Waals surface area contributed by atoms with Crippen LogP contribution in [0.25, 0.3) is 0 Å². The van der Waals surface area contributed by atoms with Crippen molar-refractivity contribution >= 4 is 17.4 Å². The number of hydrogen-bond acceptors (Lipinski definition) is 4. The lowest BCUT2D eigenvalue weighted by atomic mass is 10.1. The van der Waals surface area contributed by atoms with Crippen LogP contribution in [-0.4, -0.2) is 9.97 Å². The Bertz CT molecular complexity index is 501. The van der Waals surface area contributed by atoms with Gasteiger partial charge in [0, 0.05) is 13.1 Å². The highest BCUT2D eigenvalue weighted by Gasteiger charge is 2.01. The molecule has 1 aromatic carbocycles. The quantitative estimate of drug-likeness (QED) is 0.871. The van der Waals surface area contributed by atoms with Crippen LogP contribution in [0.1, 0.15) is 11.1 Å². The number of hydrogen-bond donors (Lipinski definition) is 2. The number of benzene rings is 1. The maximum Gasteiger partial charge on any atom is 0.149 e. The van der Waals surface area contributed by atoms with E-state index in [9.17, 15) is 0 Å². The van der Waals surface area contributed by atoms with Gasteiger partial charge in [-0.15, -0.1) is 0 Å². The zero-order valence-electron chi connectivity index (χ0n) is 9.23. The molecule has 0 aliphatic carbocycles. The van der Waals surface area contributed by atoms with E-state index in [-0.39, 0.29) is 0 Å². The molecular weight excluding hydrogens is 236 g/mol. The van der Waals surface area contributed by atoms with Crippen LogP contribution in [0.15, 0.2) is 36.7 Å². The summed E-state index contributed by atoms with van der Waals surface area (Å²) in [7, 11) is 0. The smallest absolute Gasteiger partial charge is 0.149 e. The van der Waals surface area contributed by atoms with Crippen LogP contribution in [0.2, 0.25) is 5.15 Å². The van der Waals surface area contributed by atoms with Gasteiger partial charge in [-0.25, -0.2) is 4.98 Å². The third kappa shape index (κ3) is 3.15. The summed E-state index contributed by atoms with van der Waals surface area (Å²) in [5.74, 6) is 0.657. The van der Waals surface area contributed by atoms with Crippen molar-refractivity contribution < 1.29 is 0 Å². The predicted octanol–water partition coefficient (Wildman–Crippen LogP) is 2.20. The molecule has 0 saturated heterocycles. The standard InChI is InChI=1S/C12H13ClN4/c13-11-7-15-8-12(17-11)16-6-10-4-2-1-3-9(10)5-14/h1-4,7-8H,5-6,14H2,(H,16,17). The molecule has 0 amide bonds. The average molecular weight is 249 g/mol. The van der Waals surface area contributed by atoms with Crippen molar-refractivity contribution in [2.45, 2.75) is 13.1 Å². The molecule has 0 aliphatic heterocycles. The molecule has 0 aliphatic rings.